The largest absolute Gasteiger partial charge is 0.501 e. The first-order chi connectivity index (χ1) is 12.5. The maximum atomic E-state index is 12.0. The molecule has 0 aromatic heterocycles. The Morgan fingerprint density at radius 1 is 1.35 bits per heavy atom. The summed E-state index contributed by atoms with van der Waals surface area (Å²) in [5, 5.41) is 3.09. The second-order valence-corrected chi connectivity index (χ2v) is 6.32. The van der Waals surface area contributed by atoms with E-state index in [1.54, 1.807) is 19.3 Å². The highest BCUT2D eigenvalue weighted by atomic mass is 79.9. The second kappa shape index (κ2) is 12.0. The van der Waals surface area contributed by atoms with Crippen LogP contribution in [0.1, 0.15) is 20.3 Å². The summed E-state index contributed by atoms with van der Waals surface area (Å²) in [6, 6.07) is 7.66. The summed E-state index contributed by atoms with van der Waals surface area (Å²) in [5.41, 5.74) is 2.52. The van der Waals surface area contributed by atoms with Crippen molar-refractivity contribution in [2.24, 2.45) is 4.99 Å². The second-order valence-electron chi connectivity index (χ2n) is 5.41. The molecule has 0 spiro atoms. The van der Waals surface area contributed by atoms with Crippen LogP contribution in [0.2, 0.25) is 0 Å². The molecule has 5 heteroatoms. The predicted molar refractivity (Wildman–Crippen MR) is 114 cm³/mol. The highest BCUT2D eigenvalue weighted by molar-refractivity contribution is 9.10. The summed E-state index contributed by atoms with van der Waals surface area (Å²) in [6.07, 6.45) is 9.66. The minimum Gasteiger partial charge on any atom is -0.501 e. The third-order valence-corrected chi connectivity index (χ3v) is 4.14. The van der Waals surface area contributed by atoms with Crippen LogP contribution in [-0.2, 0) is 9.53 Å². The van der Waals surface area contributed by atoms with Gasteiger partial charge in [0.15, 0.2) is 5.78 Å². The van der Waals surface area contributed by atoms with Gasteiger partial charge in [0.25, 0.3) is 0 Å². The van der Waals surface area contributed by atoms with Gasteiger partial charge >= 0.3 is 0 Å². The fraction of sp³-hybridized carbons (Fsp3) is 0.238. The van der Waals surface area contributed by atoms with Crippen LogP contribution in [0.5, 0.6) is 0 Å². The lowest BCUT2D eigenvalue weighted by atomic mass is 10.1. The minimum atomic E-state index is -0.0324. The number of carbonyl (C=O) groups excluding carboxylic acids is 1. The smallest absolute Gasteiger partial charge is 0.174 e. The van der Waals surface area contributed by atoms with E-state index in [0.717, 1.165) is 21.5 Å². The fourth-order valence-electron chi connectivity index (χ4n) is 2.10. The monoisotopic (exact) mass is 416 g/mol. The first-order valence-electron chi connectivity index (χ1n) is 8.24. The van der Waals surface area contributed by atoms with Gasteiger partial charge in [-0.15, -0.1) is 0 Å². The molecule has 0 heterocycles. The van der Waals surface area contributed by atoms with Crippen LogP contribution in [-0.4, -0.2) is 26.2 Å². The molecular weight excluding hydrogens is 392 g/mol. The normalized spacial score (nSPS) is 13.0. The molecule has 1 N–H and O–H groups in total. The number of halogens is 1. The molecule has 138 valence electrons. The van der Waals surface area contributed by atoms with Crippen molar-refractivity contribution in [1.82, 2.24) is 0 Å². The number of benzene rings is 1. The maximum absolute atomic E-state index is 12.0. The molecule has 4 nitrogen and oxygen atoms in total. The van der Waals surface area contributed by atoms with Crippen molar-refractivity contribution in [3.63, 3.8) is 0 Å². The average molecular weight is 417 g/mol. The summed E-state index contributed by atoms with van der Waals surface area (Å²) in [6.45, 7) is 7.69. The fourth-order valence-corrected chi connectivity index (χ4v) is 2.36. The van der Waals surface area contributed by atoms with Gasteiger partial charge in [-0.2, -0.15) is 0 Å². The minimum absolute atomic E-state index is 0.0324. The number of hydrogen-bond acceptors (Lipinski definition) is 4. The standard InChI is InChI=1S/C21H25BrN2O2/c1-5-6-9-20(16(2)26-4)21(23-3)10-7-8-19(25)15-24-18-13-11-17(22)12-14-18/h5-8,10-14,24H,3,9,15H2,1-2,4H3/b6-5-,8-7+,20-16-,21-10-. The van der Waals surface area contributed by atoms with E-state index in [-0.39, 0.29) is 12.3 Å². The zero-order valence-corrected chi connectivity index (χ0v) is 17.0. The van der Waals surface area contributed by atoms with E-state index < -0.39 is 0 Å². The molecule has 1 aromatic rings. The quantitative estimate of drug-likeness (QED) is 0.181. The van der Waals surface area contributed by atoms with Gasteiger partial charge in [0.05, 0.1) is 25.1 Å². The van der Waals surface area contributed by atoms with Gasteiger partial charge in [0, 0.05) is 15.7 Å². The Morgan fingerprint density at radius 3 is 2.62 bits per heavy atom. The number of aliphatic imine (C=N–C) groups is 1. The number of carbonyl (C=O) groups is 1. The summed E-state index contributed by atoms with van der Waals surface area (Å²) in [7, 11) is 1.62. The van der Waals surface area contributed by atoms with Gasteiger partial charge in [-0.3, -0.25) is 9.79 Å². The number of methoxy groups -OCH3 is 1. The highest BCUT2D eigenvalue weighted by Gasteiger charge is 2.06. The number of ether oxygens (including phenoxy) is 1. The Labute approximate surface area is 164 Å². The van der Waals surface area contributed by atoms with E-state index in [9.17, 15) is 4.79 Å². The molecule has 0 radical (unpaired) electrons. The van der Waals surface area contributed by atoms with E-state index >= 15 is 0 Å². The van der Waals surface area contributed by atoms with E-state index in [1.165, 1.54) is 6.08 Å². The van der Waals surface area contributed by atoms with Crippen molar-refractivity contribution in [3.8, 4) is 0 Å². The number of allylic oxidation sites excluding steroid dienone is 6. The topological polar surface area (TPSA) is 50.7 Å². The molecule has 26 heavy (non-hydrogen) atoms. The van der Waals surface area contributed by atoms with E-state index in [4.69, 9.17) is 4.74 Å². The molecule has 0 atom stereocenters. The average Bonchev–Trinajstić information content (AvgIpc) is 2.65. The van der Waals surface area contributed by atoms with Gasteiger partial charge in [-0.25, -0.2) is 0 Å². The number of anilines is 1. The molecule has 0 unspecified atom stereocenters. The molecule has 0 aliphatic carbocycles. The number of rotatable bonds is 10. The van der Waals surface area contributed by atoms with Gasteiger partial charge in [-0.05, 0) is 63.4 Å². The zero-order chi connectivity index (χ0) is 19.4. The summed E-state index contributed by atoms with van der Waals surface area (Å²) in [4.78, 5) is 16.1. The SMILES string of the molecule is C=NC(=C\C=C\C(=O)CNc1ccc(Br)cc1)/C(C/C=C\C)=C(/C)OC. The number of nitrogens with one attached hydrogen (secondary N) is 1. The van der Waals surface area contributed by atoms with Crippen molar-refractivity contribution in [2.45, 2.75) is 20.3 Å². The molecule has 1 rings (SSSR count). The maximum Gasteiger partial charge on any atom is 0.174 e. The summed E-state index contributed by atoms with van der Waals surface area (Å²) < 4.78 is 6.33. The summed E-state index contributed by atoms with van der Waals surface area (Å²) >= 11 is 3.38. The molecule has 1 aromatic carbocycles. The molecule has 0 fully saturated rings. The van der Waals surface area contributed by atoms with Gasteiger partial charge in [0.2, 0.25) is 0 Å². The van der Waals surface area contributed by atoms with Crippen molar-refractivity contribution < 1.29 is 9.53 Å². The molecular formula is C21H25BrN2O2. The lowest BCUT2D eigenvalue weighted by Crippen LogP contribution is -2.10. The Bertz CT molecular complexity index is 729. The first-order valence-corrected chi connectivity index (χ1v) is 9.03. The number of nitrogens with zero attached hydrogens (tertiary/aromatic N) is 1. The Kier molecular flexibility index (Phi) is 10.0. The molecule has 0 aliphatic heterocycles. The first kappa shape index (κ1) is 21.6. The van der Waals surface area contributed by atoms with Crippen LogP contribution in [0, 0.1) is 0 Å². The van der Waals surface area contributed by atoms with Crippen LogP contribution in [0.3, 0.4) is 0 Å². The van der Waals surface area contributed by atoms with E-state index in [0.29, 0.717) is 12.1 Å². The Hall–Kier alpha value is -2.40. The lowest BCUT2D eigenvalue weighted by molar-refractivity contribution is -0.113. The predicted octanol–water partition coefficient (Wildman–Crippen LogP) is 5.46. The van der Waals surface area contributed by atoms with Crippen LogP contribution in [0.4, 0.5) is 5.69 Å². The summed E-state index contributed by atoms with van der Waals surface area (Å²) in [5.74, 6) is 0.744. The molecule has 0 aliphatic rings. The highest BCUT2D eigenvalue weighted by Crippen LogP contribution is 2.21. The third-order valence-electron chi connectivity index (χ3n) is 3.62. The van der Waals surface area contributed by atoms with Crippen LogP contribution < -0.4 is 5.32 Å². The van der Waals surface area contributed by atoms with Crippen molar-refractivity contribution in [3.05, 3.63) is 76.1 Å². The van der Waals surface area contributed by atoms with Crippen LogP contribution >= 0.6 is 15.9 Å². The Morgan fingerprint density at radius 2 is 2.04 bits per heavy atom. The van der Waals surface area contributed by atoms with E-state index in [1.807, 2.05) is 50.3 Å². The van der Waals surface area contributed by atoms with Crippen LogP contribution in [0.25, 0.3) is 0 Å². The van der Waals surface area contributed by atoms with Gasteiger partial charge < -0.3 is 10.1 Å². The zero-order valence-electron chi connectivity index (χ0n) is 15.5. The Balaban J connectivity index is 2.75. The molecule has 0 amide bonds. The molecule has 0 saturated carbocycles. The molecule has 0 saturated heterocycles. The van der Waals surface area contributed by atoms with Gasteiger partial charge in [-0.1, -0.05) is 34.2 Å². The van der Waals surface area contributed by atoms with E-state index in [2.05, 4.69) is 33.0 Å². The van der Waals surface area contributed by atoms with Crippen molar-refractivity contribution in [1.29, 1.82) is 0 Å². The number of ketones is 1. The van der Waals surface area contributed by atoms with Crippen molar-refractivity contribution >= 4 is 34.1 Å². The molecule has 0 bridgehead atoms. The lowest BCUT2D eigenvalue weighted by Gasteiger charge is -2.09. The third kappa shape index (κ3) is 7.66. The van der Waals surface area contributed by atoms with Crippen LogP contribution in [0.15, 0.2) is 81.1 Å². The number of hydrogen-bond donors (Lipinski definition) is 1. The van der Waals surface area contributed by atoms with Gasteiger partial charge in [0.1, 0.15) is 0 Å². The van der Waals surface area contributed by atoms with Crippen molar-refractivity contribution in [2.75, 3.05) is 19.0 Å².